The molecule has 1 heterocycles. The van der Waals surface area contributed by atoms with Gasteiger partial charge in [-0.2, -0.15) is 0 Å². The molecule has 0 saturated carbocycles. The highest BCUT2D eigenvalue weighted by Gasteiger charge is 2.33. The molecule has 7 nitrogen and oxygen atoms in total. The standard InChI is InChI=1S/C33H27BrN2O5S/c1-21-8-10-23(11-9-21)20-41-30-27(34)16-24(17-28(30)40-2)18-29-31(37)36(19-22-12-14-25(15-13-22)32(38)39)33(42-29)35-26-6-4-3-5-7-26/h3-18H,19-20H2,1-2H3,(H,38,39)/b29-18-,35-33?. The molecule has 0 bridgehead atoms. The first-order valence-electron chi connectivity index (χ1n) is 13.0. The summed E-state index contributed by atoms with van der Waals surface area (Å²) in [4.78, 5) is 31.8. The molecule has 0 spiro atoms. The molecule has 1 aliphatic heterocycles. The molecule has 0 unspecified atom stereocenters. The number of carbonyl (C=O) groups is 2. The number of para-hydroxylation sites is 1. The minimum atomic E-state index is -1.00. The van der Waals surface area contributed by atoms with Gasteiger partial charge < -0.3 is 14.6 Å². The minimum absolute atomic E-state index is 0.186. The number of benzene rings is 4. The number of rotatable bonds is 9. The molecule has 212 valence electrons. The number of aromatic carboxylic acids is 1. The van der Waals surface area contributed by atoms with Crippen molar-refractivity contribution < 1.29 is 24.2 Å². The molecule has 1 aliphatic rings. The van der Waals surface area contributed by atoms with Crippen LogP contribution in [0.3, 0.4) is 0 Å². The van der Waals surface area contributed by atoms with Crippen LogP contribution in [-0.2, 0) is 17.9 Å². The molecule has 1 N–H and O–H groups in total. The second kappa shape index (κ2) is 13.1. The predicted molar refractivity (Wildman–Crippen MR) is 169 cm³/mol. The topological polar surface area (TPSA) is 88.4 Å². The van der Waals surface area contributed by atoms with Gasteiger partial charge >= 0.3 is 5.97 Å². The van der Waals surface area contributed by atoms with Gasteiger partial charge in [-0.3, -0.25) is 9.69 Å². The Bertz CT molecular complexity index is 1670. The van der Waals surface area contributed by atoms with Crippen molar-refractivity contribution >= 4 is 56.5 Å². The quantitative estimate of drug-likeness (QED) is 0.187. The van der Waals surface area contributed by atoms with Gasteiger partial charge in [-0.1, -0.05) is 60.2 Å². The number of methoxy groups -OCH3 is 1. The molecule has 5 rings (SSSR count). The Hall–Kier alpha value is -4.34. The average Bonchev–Trinajstić information content (AvgIpc) is 3.26. The number of carbonyl (C=O) groups excluding carboxylic acids is 1. The third kappa shape index (κ3) is 6.92. The van der Waals surface area contributed by atoms with Crippen LogP contribution >= 0.6 is 27.7 Å². The Morgan fingerprint density at radius 1 is 1.00 bits per heavy atom. The van der Waals surface area contributed by atoms with Crippen molar-refractivity contribution in [3.05, 3.63) is 128 Å². The first-order chi connectivity index (χ1) is 20.3. The van der Waals surface area contributed by atoms with Crippen LogP contribution in [0.4, 0.5) is 5.69 Å². The third-order valence-electron chi connectivity index (χ3n) is 6.46. The van der Waals surface area contributed by atoms with Gasteiger partial charge in [0.1, 0.15) is 6.61 Å². The lowest BCUT2D eigenvalue weighted by Gasteiger charge is -2.16. The summed E-state index contributed by atoms with van der Waals surface area (Å²) in [6.07, 6.45) is 1.80. The van der Waals surface area contributed by atoms with E-state index in [0.717, 1.165) is 22.4 Å². The molecule has 1 saturated heterocycles. The van der Waals surface area contributed by atoms with Crippen LogP contribution in [0.2, 0.25) is 0 Å². The number of nitrogens with zero attached hydrogens (tertiary/aromatic N) is 2. The van der Waals surface area contributed by atoms with Crippen molar-refractivity contribution in [3.8, 4) is 11.5 Å². The maximum absolute atomic E-state index is 13.7. The van der Waals surface area contributed by atoms with Gasteiger partial charge in [-0.05, 0) is 93.8 Å². The fraction of sp³-hybridized carbons (Fsp3) is 0.121. The van der Waals surface area contributed by atoms with E-state index in [9.17, 15) is 14.7 Å². The van der Waals surface area contributed by atoms with Crippen LogP contribution in [0.25, 0.3) is 6.08 Å². The fourth-order valence-corrected chi connectivity index (χ4v) is 5.81. The zero-order valence-corrected chi connectivity index (χ0v) is 25.3. The van der Waals surface area contributed by atoms with Gasteiger partial charge in [-0.25, -0.2) is 9.79 Å². The highest BCUT2D eigenvalue weighted by Crippen LogP contribution is 2.40. The SMILES string of the molecule is COc1cc(/C=C2\SC(=Nc3ccccc3)N(Cc3ccc(C(=O)O)cc3)C2=O)cc(Br)c1OCc1ccc(C)cc1. The van der Waals surface area contributed by atoms with Crippen LogP contribution < -0.4 is 9.47 Å². The smallest absolute Gasteiger partial charge is 0.335 e. The maximum atomic E-state index is 13.7. The summed E-state index contributed by atoms with van der Waals surface area (Å²) in [6, 6.07) is 27.8. The summed E-state index contributed by atoms with van der Waals surface area (Å²) >= 11 is 4.90. The monoisotopic (exact) mass is 642 g/mol. The zero-order valence-electron chi connectivity index (χ0n) is 22.9. The summed E-state index contributed by atoms with van der Waals surface area (Å²) in [5, 5.41) is 9.76. The average molecular weight is 644 g/mol. The number of hydrogen-bond acceptors (Lipinski definition) is 6. The maximum Gasteiger partial charge on any atom is 0.335 e. The molecule has 0 atom stereocenters. The lowest BCUT2D eigenvalue weighted by molar-refractivity contribution is -0.122. The van der Waals surface area contributed by atoms with Crippen molar-refractivity contribution in [1.82, 2.24) is 4.90 Å². The van der Waals surface area contributed by atoms with Crippen LogP contribution in [0.5, 0.6) is 11.5 Å². The minimum Gasteiger partial charge on any atom is -0.493 e. The molecule has 1 amide bonds. The summed E-state index contributed by atoms with van der Waals surface area (Å²) in [7, 11) is 1.58. The lowest BCUT2D eigenvalue weighted by Crippen LogP contribution is -2.28. The molecule has 0 aromatic heterocycles. The molecular weight excluding hydrogens is 616 g/mol. The lowest BCUT2D eigenvalue weighted by atomic mass is 10.1. The number of amidine groups is 1. The van der Waals surface area contributed by atoms with E-state index in [1.807, 2.05) is 73.7 Å². The fourth-order valence-electron chi connectivity index (χ4n) is 4.23. The van der Waals surface area contributed by atoms with E-state index in [-0.39, 0.29) is 18.0 Å². The van der Waals surface area contributed by atoms with E-state index in [4.69, 9.17) is 14.5 Å². The molecule has 9 heteroatoms. The van der Waals surface area contributed by atoms with Crippen LogP contribution in [-0.4, -0.2) is 34.2 Å². The van der Waals surface area contributed by atoms with Crippen molar-refractivity contribution in [2.24, 2.45) is 4.99 Å². The summed E-state index contributed by atoms with van der Waals surface area (Å²) in [6.45, 7) is 2.67. The van der Waals surface area contributed by atoms with Gasteiger partial charge in [0, 0.05) is 0 Å². The number of carboxylic acids is 1. The van der Waals surface area contributed by atoms with Crippen molar-refractivity contribution in [2.75, 3.05) is 7.11 Å². The van der Waals surface area contributed by atoms with Crippen LogP contribution in [0.1, 0.15) is 32.6 Å². The van der Waals surface area contributed by atoms with E-state index < -0.39 is 5.97 Å². The second-order valence-electron chi connectivity index (χ2n) is 9.54. The Morgan fingerprint density at radius 3 is 2.36 bits per heavy atom. The molecular formula is C33H27BrN2O5S. The van der Waals surface area contributed by atoms with Gasteiger partial charge in [0.05, 0.1) is 34.3 Å². The van der Waals surface area contributed by atoms with Crippen molar-refractivity contribution in [3.63, 3.8) is 0 Å². The van der Waals surface area contributed by atoms with Gasteiger partial charge in [0.25, 0.3) is 5.91 Å². The number of aliphatic imine (C=N–C) groups is 1. The second-order valence-corrected chi connectivity index (χ2v) is 11.4. The first kappa shape index (κ1) is 29.2. The highest BCUT2D eigenvalue weighted by atomic mass is 79.9. The third-order valence-corrected chi connectivity index (χ3v) is 8.06. The number of ether oxygens (including phenoxy) is 2. The highest BCUT2D eigenvalue weighted by molar-refractivity contribution is 9.10. The summed E-state index contributed by atoms with van der Waals surface area (Å²) < 4.78 is 12.4. The zero-order chi connectivity index (χ0) is 29.6. The van der Waals surface area contributed by atoms with Crippen LogP contribution in [0.15, 0.2) is 105 Å². The predicted octanol–water partition coefficient (Wildman–Crippen LogP) is 7.85. The Kier molecular flexibility index (Phi) is 9.09. The number of thioether (sulfide) groups is 1. The number of carboxylic acid groups (broad SMARTS) is 1. The Morgan fingerprint density at radius 2 is 1.69 bits per heavy atom. The van der Waals surface area contributed by atoms with Crippen LogP contribution in [0, 0.1) is 6.92 Å². The summed E-state index contributed by atoms with van der Waals surface area (Å²) in [5.74, 6) is -0.0958. The van der Waals surface area contributed by atoms with Crippen molar-refractivity contribution in [2.45, 2.75) is 20.1 Å². The molecule has 42 heavy (non-hydrogen) atoms. The Labute approximate surface area is 256 Å². The molecule has 1 fully saturated rings. The molecule has 0 radical (unpaired) electrons. The molecule has 4 aromatic rings. The van der Waals surface area contributed by atoms with E-state index in [2.05, 4.69) is 15.9 Å². The van der Waals surface area contributed by atoms with E-state index in [1.165, 1.54) is 29.5 Å². The normalized spacial score (nSPS) is 14.9. The number of halogens is 1. The Balaban J connectivity index is 1.43. The molecule has 4 aromatic carbocycles. The van der Waals surface area contributed by atoms with E-state index in [1.54, 1.807) is 30.2 Å². The van der Waals surface area contributed by atoms with Gasteiger partial charge in [0.15, 0.2) is 16.7 Å². The van der Waals surface area contributed by atoms with Crippen molar-refractivity contribution in [1.29, 1.82) is 0 Å². The first-order valence-corrected chi connectivity index (χ1v) is 14.6. The largest absolute Gasteiger partial charge is 0.493 e. The number of amides is 1. The number of aryl methyl sites for hydroxylation is 1. The summed E-state index contributed by atoms with van der Waals surface area (Å²) in [5.41, 5.74) is 4.67. The molecule has 0 aliphatic carbocycles. The van der Waals surface area contributed by atoms with Gasteiger partial charge in [-0.15, -0.1) is 0 Å². The van der Waals surface area contributed by atoms with E-state index >= 15 is 0 Å². The van der Waals surface area contributed by atoms with E-state index in [0.29, 0.717) is 32.7 Å². The van der Waals surface area contributed by atoms with Gasteiger partial charge in [0.2, 0.25) is 0 Å². The number of hydrogen-bond donors (Lipinski definition) is 1.